The second-order valence-electron chi connectivity index (χ2n) is 4.70. The zero-order chi connectivity index (χ0) is 15.4. The van der Waals surface area contributed by atoms with Crippen LogP contribution in [0.25, 0.3) is 0 Å². The molecule has 1 atom stereocenters. The van der Waals surface area contributed by atoms with Gasteiger partial charge in [0.1, 0.15) is 5.82 Å². The van der Waals surface area contributed by atoms with E-state index in [2.05, 4.69) is 28.2 Å². The van der Waals surface area contributed by atoms with Gasteiger partial charge in [-0.05, 0) is 48.4 Å². The SMILES string of the molecule is CCCNC(c1cc(F)ccc1Br)c1cccc(Cl)c1Cl. The molecule has 1 unspecified atom stereocenters. The van der Waals surface area contributed by atoms with Gasteiger partial charge < -0.3 is 5.32 Å². The minimum absolute atomic E-state index is 0.221. The maximum absolute atomic E-state index is 13.6. The molecule has 21 heavy (non-hydrogen) atoms. The molecule has 0 heterocycles. The zero-order valence-electron chi connectivity index (χ0n) is 11.5. The summed E-state index contributed by atoms with van der Waals surface area (Å²) in [6.07, 6.45) is 0.960. The molecule has 1 nitrogen and oxygen atoms in total. The Kier molecular flexibility index (Phi) is 6.06. The Morgan fingerprint density at radius 3 is 2.67 bits per heavy atom. The Morgan fingerprint density at radius 1 is 1.19 bits per heavy atom. The van der Waals surface area contributed by atoms with Crippen LogP contribution >= 0.6 is 39.1 Å². The molecule has 2 aromatic carbocycles. The Labute approximate surface area is 142 Å². The molecule has 0 saturated carbocycles. The molecule has 0 aliphatic rings. The third kappa shape index (κ3) is 3.98. The Morgan fingerprint density at radius 2 is 1.95 bits per heavy atom. The normalized spacial score (nSPS) is 12.4. The van der Waals surface area contributed by atoms with Crippen LogP contribution in [0.2, 0.25) is 10.0 Å². The first kappa shape index (κ1) is 16.8. The maximum atomic E-state index is 13.6. The number of hydrogen-bond acceptors (Lipinski definition) is 1. The minimum Gasteiger partial charge on any atom is -0.306 e. The van der Waals surface area contributed by atoms with Crippen molar-refractivity contribution in [2.75, 3.05) is 6.54 Å². The van der Waals surface area contributed by atoms with E-state index in [0.717, 1.165) is 28.6 Å². The van der Waals surface area contributed by atoms with E-state index in [9.17, 15) is 4.39 Å². The van der Waals surface area contributed by atoms with Gasteiger partial charge in [0.2, 0.25) is 0 Å². The van der Waals surface area contributed by atoms with E-state index in [-0.39, 0.29) is 11.9 Å². The fourth-order valence-corrected chi connectivity index (χ4v) is 3.05. The summed E-state index contributed by atoms with van der Waals surface area (Å²) < 4.78 is 14.4. The molecule has 0 bridgehead atoms. The number of rotatable bonds is 5. The van der Waals surface area contributed by atoms with Crippen LogP contribution in [0.3, 0.4) is 0 Å². The molecule has 5 heteroatoms. The topological polar surface area (TPSA) is 12.0 Å². The summed E-state index contributed by atoms with van der Waals surface area (Å²) in [6.45, 7) is 2.86. The van der Waals surface area contributed by atoms with Gasteiger partial charge in [-0.3, -0.25) is 0 Å². The lowest BCUT2D eigenvalue weighted by atomic mass is 9.98. The van der Waals surface area contributed by atoms with Gasteiger partial charge >= 0.3 is 0 Å². The van der Waals surface area contributed by atoms with Gasteiger partial charge in [0, 0.05) is 4.47 Å². The molecule has 0 aliphatic heterocycles. The molecule has 112 valence electrons. The molecule has 1 N–H and O–H groups in total. The minimum atomic E-state index is -0.283. The molecular formula is C16H15BrCl2FN. The highest BCUT2D eigenvalue weighted by Crippen LogP contribution is 2.36. The van der Waals surface area contributed by atoms with Crippen LogP contribution in [0.15, 0.2) is 40.9 Å². The van der Waals surface area contributed by atoms with E-state index in [1.807, 2.05) is 12.1 Å². The zero-order valence-corrected chi connectivity index (χ0v) is 14.6. The smallest absolute Gasteiger partial charge is 0.123 e. The van der Waals surface area contributed by atoms with Crippen LogP contribution in [0.1, 0.15) is 30.5 Å². The van der Waals surface area contributed by atoms with Crippen LogP contribution < -0.4 is 5.32 Å². The lowest BCUT2D eigenvalue weighted by Gasteiger charge is -2.22. The third-order valence-corrected chi connectivity index (χ3v) is 4.72. The first-order valence-electron chi connectivity index (χ1n) is 6.66. The van der Waals surface area contributed by atoms with Crippen molar-refractivity contribution in [3.63, 3.8) is 0 Å². The second-order valence-corrected chi connectivity index (χ2v) is 6.34. The number of halogens is 4. The van der Waals surface area contributed by atoms with E-state index in [1.165, 1.54) is 12.1 Å². The van der Waals surface area contributed by atoms with Crippen molar-refractivity contribution in [3.8, 4) is 0 Å². The third-order valence-electron chi connectivity index (χ3n) is 3.16. The Bertz CT molecular complexity index is 632. The van der Waals surface area contributed by atoms with Gasteiger partial charge in [0.15, 0.2) is 0 Å². The quantitative estimate of drug-likeness (QED) is 0.661. The van der Waals surface area contributed by atoms with Gasteiger partial charge in [-0.15, -0.1) is 0 Å². The largest absolute Gasteiger partial charge is 0.306 e. The van der Waals surface area contributed by atoms with Crippen molar-refractivity contribution in [2.24, 2.45) is 0 Å². The van der Waals surface area contributed by atoms with Gasteiger partial charge in [0.05, 0.1) is 16.1 Å². The molecule has 0 spiro atoms. The monoisotopic (exact) mass is 389 g/mol. The molecule has 0 saturated heterocycles. The van der Waals surface area contributed by atoms with Gasteiger partial charge in [-0.25, -0.2) is 4.39 Å². The number of hydrogen-bond donors (Lipinski definition) is 1. The summed E-state index contributed by atoms with van der Waals surface area (Å²) in [7, 11) is 0. The summed E-state index contributed by atoms with van der Waals surface area (Å²) in [6, 6.07) is 9.89. The Hall–Kier alpha value is -0.610. The molecule has 0 amide bonds. The average Bonchev–Trinajstić information content (AvgIpc) is 2.47. The standard InChI is InChI=1S/C16H15BrCl2FN/c1-2-8-21-16(11-4-3-5-14(18)15(11)19)12-9-10(20)6-7-13(12)17/h3-7,9,16,21H,2,8H2,1H3. The van der Waals surface area contributed by atoms with Crippen LogP contribution in [0, 0.1) is 5.82 Å². The van der Waals surface area contributed by atoms with Crippen molar-refractivity contribution in [1.82, 2.24) is 5.32 Å². The lowest BCUT2D eigenvalue weighted by molar-refractivity contribution is 0.584. The van der Waals surface area contributed by atoms with Crippen molar-refractivity contribution in [2.45, 2.75) is 19.4 Å². The molecular weight excluding hydrogens is 376 g/mol. The summed E-state index contributed by atoms with van der Waals surface area (Å²) in [4.78, 5) is 0. The summed E-state index contributed by atoms with van der Waals surface area (Å²) in [5.41, 5.74) is 1.64. The highest BCUT2D eigenvalue weighted by molar-refractivity contribution is 9.10. The molecule has 0 radical (unpaired) electrons. The second kappa shape index (κ2) is 7.59. The van der Waals surface area contributed by atoms with Crippen molar-refractivity contribution < 1.29 is 4.39 Å². The van der Waals surface area contributed by atoms with Crippen LogP contribution in [-0.2, 0) is 0 Å². The fourth-order valence-electron chi connectivity index (χ4n) is 2.16. The predicted molar refractivity (Wildman–Crippen MR) is 90.7 cm³/mol. The number of benzene rings is 2. The molecule has 0 aromatic heterocycles. The van der Waals surface area contributed by atoms with Gasteiger partial charge in [0.25, 0.3) is 0 Å². The molecule has 0 fully saturated rings. The summed E-state index contributed by atoms with van der Waals surface area (Å²) in [5.74, 6) is -0.283. The van der Waals surface area contributed by atoms with E-state index in [0.29, 0.717) is 10.0 Å². The van der Waals surface area contributed by atoms with Crippen molar-refractivity contribution in [1.29, 1.82) is 0 Å². The molecule has 2 aromatic rings. The van der Waals surface area contributed by atoms with Gasteiger partial charge in [-0.2, -0.15) is 0 Å². The van der Waals surface area contributed by atoms with E-state index >= 15 is 0 Å². The predicted octanol–water partition coefficient (Wildman–Crippen LogP) is 5.98. The molecule has 2 rings (SSSR count). The highest BCUT2D eigenvalue weighted by atomic mass is 79.9. The lowest BCUT2D eigenvalue weighted by Crippen LogP contribution is -2.24. The average molecular weight is 391 g/mol. The van der Waals surface area contributed by atoms with Crippen LogP contribution in [0.5, 0.6) is 0 Å². The first-order chi connectivity index (χ1) is 10.0. The fraction of sp³-hybridized carbons (Fsp3) is 0.250. The van der Waals surface area contributed by atoms with Gasteiger partial charge in [-0.1, -0.05) is 58.2 Å². The Balaban J connectivity index is 2.52. The summed E-state index contributed by atoms with van der Waals surface area (Å²) >= 11 is 15.9. The number of nitrogens with one attached hydrogen (secondary N) is 1. The van der Waals surface area contributed by atoms with E-state index in [4.69, 9.17) is 23.2 Å². The van der Waals surface area contributed by atoms with Crippen molar-refractivity contribution in [3.05, 3.63) is 67.9 Å². The van der Waals surface area contributed by atoms with E-state index in [1.54, 1.807) is 12.1 Å². The maximum Gasteiger partial charge on any atom is 0.123 e. The van der Waals surface area contributed by atoms with Crippen molar-refractivity contribution >= 4 is 39.1 Å². The first-order valence-corrected chi connectivity index (χ1v) is 8.21. The summed E-state index contributed by atoms with van der Waals surface area (Å²) in [5, 5.41) is 4.38. The van der Waals surface area contributed by atoms with Crippen LogP contribution in [-0.4, -0.2) is 6.54 Å². The highest BCUT2D eigenvalue weighted by Gasteiger charge is 2.20. The van der Waals surface area contributed by atoms with E-state index < -0.39 is 0 Å². The molecule has 0 aliphatic carbocycles. The van der Waals surface area contributed by atoms with Crippen LogP contribution in [0.4, 0.5) is 4.39 Å².